The van der Waals surface area contributed by atoms with E-state index in [1.54, 1.807) is 0 Å². The summed E-state index contributed by atoms with van der Waals surface area (Å²) in [4.78, 5) is 4.87. The molecule has 0 saturated carbocycles. The number of hydrogen-bond donors (Lipinski definition) is 1. The van der Waals surface area contributed by atoms with Gasteiger partial charge in [-0.3, -0.25) is 4.90 Å². The van der Waals surface area contributed by atoms with Gasteiger partial charge in [-0.25, -0.2) is 0 Å². The molecule has 21 heavy (non-hydrogen) atoms. The van der Waals surface area contributed by atoms with Crippen molar-refractivity contribution in [3.8, 4) is 0 Å². The van der Waals surface area contributed by atoms with Crippen LogP contribution in [0.4, 0.5) is 0 Å². The molecule has 1 fully saturated rings. The van der Waals surface area contributed by atoms with Gasteiger partial charge in [0.25, 0.3) is 0 Å². The number of nitrogens with zero attached hydrogens (tertiary/aromatic N) is 2. The molecule has 0 unspecified atom stereocenters. The van der Waals surface area contributed by atoms with E-state index in [1.165, 1.54) is 37.9 Å². The molecule has 1 aromatic heterocycles. The third kappa shape index (κ3) is 4.83. The van der Waals surface area contributed by atoms with Crippen molar-refractivity contribution in [3.05, 3.63) is 23.2 Å². The summed E-state index contributed by atoms with van der Waals surface area (Å²) < 4.78 is 5.93. The van der Waals surface area contributed by atoms with Crippen molar-refractivity contribution in [3.63, 3.8) is 0 Å². The van der Waals surface area contributed by atoms with E-state index in [1.807, 2.05) is 0 Å². The number of aryl methyl sites for hydroxylation is 1. The number of hydrogen-bond acceptors (Lipinski definition) is 4. The minimum absolute atomic E-state index is 0.744. The van der Waals surface area contributed by atoms with Gasteiger partial charge in [0.15, 0.2) is 0 Å². The summed E-state index contributed by atoms with van der Waals surface area (Å²) in [5, 5.41) is 3.45. The number of piperidine rings is 1. The SMILES string of the molecule is CCCNCc1cc(CN2CCC(N(C)C)CC2)oc1C. The lowest BCUT2D eigenvalue weighted by Crippen LogP contribution is -2.41. The monoisotopic (exact) mass is 293 g/mol. The molecule has 0 amide bonds. The molecule has 4 heteroatoms. The van der Waals surface area contributed by atoms with Crippen molar-refractivity contribution in [2.75, 3.05) is 33.7 Å². The second kappa shape index (κ2) is 7.97. The fourth-order valence-corrected chi connectivity index (χ4v) is 3.06. The Bertz CT molecular complexity index is 420. The first kappa shape index (κ1) is 16.5. The number of nitrogens with one attached hydrogen (secondary N) is 1. The van der Waals surface area contributed by atoms with Gasteiger partial charge in [-0.05, 0) is 52.9 Å². The van der Waals surface area contributed by atoms with Crippen molar-refractivity contribution >= 4 is 0 Å². The second-order valence-corrected chi connectivity index (χ2v) is 6.44. The van der Waals surface area contributed by atoms with Gasteiger partial charge in [-0.15, -0.1) is 0 Å². The molecule has 0 aromatic carbocycles. The van der Waals surface area contributed by atoms with Crippen LogP contribution in [0.3, 0.4) is 0 Å². The van der Waals surface area contributed by atoms with Gasteiger partial charge in [0, 0.05) is 31.2 Å². The number of rotatable bonds is 7. The van der Waals surface area contributed by atoms with Gasteiger partial charge in [0.1, 0.15) is 11.5 Å². The van der Waals surface area contributed by atoms with E-state index in [-0.39, 0.29) is 0 Å². The van der Waals surface area contributed by atoms with Crippen LogP contribution in [0.5, 0.6) is 0 Å². The van der Waals surface area contributed by atoms with E-state index >= 15 is 0 Å². The molecule has 2 rings (SSSR count). The summed E-state index contributed by atoms with van der Waals surface area (Å²) in [5.41, 5.74) is 1.31. The predicted molar refractivity (Wildman–Crippen MR) is 87.4 cm³/mol. The van der Waals surface area contributed by atoms with Crippen LogP contribution in [0.2, 0.25) is 0 Å². The Morgan fingerprint density at radius 1 is 1.33 bits per heavy atom. The Morgan fingerprint density at radius 3 is 2.67 bits per heavy atom. The zero-order valence-electron chi connectivity index (χ0n) is 14.1. The summed E-state index contributed by atoms with van der Waals surface area (Å²) in [6, 6.07) is 2.98. The van der Waals surface area contributed by atoms with E-state index in [4.69, 9.17) is 4.42 Å². The highest BCUT2D eigenvalue weighted by Gasteiger charge is 2.21. The standard InChI is InChI=1S/C17H31N3O/c1-5-8-18-12-15-11-17(21-14(15)2)13-20-9-6-16(7-10-20)19(3)4/h11,16,18H,5-10,12-13H2,1-4H3. The fraction of sp³-hybridized carbons (Fsp3) is 0.765. The molecular formula is C17H31N3O. The summed E-state index contributed by atoms with van der Waals surface area (Å²) >= 11 is 0. The quantitative estimate of drug-likeness (QED) is 0.783. The first-order valence-electron chi connectivity index (χ1n) is 8.27. The number of likely N-dealkylation sites (tertiary alicyclic amines) is 1. The summed E-state index contributed by atoms with van der Waals surface area (Å²) in [6.07, 6.45) is 3.69. The van der Waals surface area contributed by atoms with Crippen molar-refractivity contribution in [1.29, 1.82) is 0 Å². The van der Waals surface area contributed by atoms with Crippen LogP contribution in [-0.4, -0.2) is 49.6 Å². The van der Waals surface area contributed by atoms with Crippen LogP contribution in [0.25, 0.3) is 0 Å². The van der Waals surface area contributed by atoms with Crippen LogP contribution in [-0.2, 0) is 13.1 Å². The zero-order chi connectivity index (χ0) is 15.2. The van der Waals surface area contributed by atoms with Crippen molar-refractivity contribution in [2.24, 2.45) is 0 Å². The van der Waals surface area contributed by atoms with Gasteiger partial charge in [0.2, 0.25) is 0 Å². The van der Waals surface area contributed by atoms with Gasteiger partial charge >= 0.3 is 0 Å². The van der Waals surface area contributed by atoms with E-state index in [2.05, 4.69) is 49.1 Å². The minimum Gasteiger partial charge on any atom is -0.465 e. The van der Waals surface area contributed by atoms with Gasteiger partial charge in [-0.2, -0.15) is 0 Å². The van der Waals surface area contributed by atoms with Gasteiger partial charge < -0.3 is 14.6 Å². The predicted octanol–water partition coefficient (Wildman–Crippen LogP) is 2.61. The molecule has 1 aliphatic rings. The lowest BCUT2D eigenvalue weighted by atomic mass is 10.0. The highest BCUT2D eigenvalue weighted by molar-refractivity contribution is 5.20. The Kier molecular flexibility index (Phi) is 6.27. The maximum absolute atomic E-state index is 5.93. The van der Waals surface area contributed by atoms with Crippen molar-refractivity contribution < 1.29 is 4.42 Å². The topological polar surface area (TPSA) is 31.6 Å². The summed E-state index contributed by atoms with van der Waals surface area (Å²) in [6.45, 7) is 9.55. The Labute approximate surface area is 129 Å². The molecule has 2 heterocycles. The maximum Gasteiger partial charge on any atom is 0.118 e. The maximum atomic E-state index is 5.93. The van der Waals surface area contributed by atoms with Crippen molar-refractivity contribution in [1.82, 2.24) is 15.1 Å². The highest BCUT2D eigenvalue weighted by Crippen LogP contribution is 2.20. The molecular weight excluding hydrogens is 262 g/mol. The average molecular weight is 293 g/mol. The third-order valence-electron chi connectivity index (χ3n) is 4.48. The molecule has 0 atom stereocenters. The largest absolute Gasteiger partial charge is 0.465 e. The lowest BCUT2D eigenvalue weighted by Gasteiger charge is -2.34. The Balaban J connectivity index is 1.82. The zero-order valence-corrected chi connectivity index (χ0v) is 14.1. The summed E-state index contributed by atoms with van der Waals surface area (Å²) in [7, 11) is 4.37. The minimum atomic E-state index is 0.744. The first-order valence-corrected chi connectivity index (χ1v) is 8.27. The highest BCUT2D eigenvalue weighted by atomic mass is 16.3. The van der Waals surface area contributed by atoms with E-state index in [0.29, 0.717) is 0 Å². The number of furan rings is 1. The van der Waals surface area contributed by atoms with Crippen LogP contribution in [0.15, 0.2) is 10.5 Å². The fourth-order valence-electron chi connectivity index (χ4n) is 3.06. The van der Waals surface area contributed by atoms with E-state index < -0.39 is 0 Å². The van der Waals surface area contributed by atoms with Crippen LogP contribution >= 0.6 is 0 Å². The normalized spacial score (nSPS) is 17.8. The van der Waals surface area contributed by atoms with Gasteiger partial charge in [-0.1, -0.05) is 6.92 Å². The van der Waals surface area contributed by atoms with Gasteiger partial charge in [0.05, 0.1) is 6.54 Å². The molecule has 0 aliphatic carbocycles. The average Bonchev–Trinajstić information content (AvgIpc) is 2.80. The molecule has 1 saturated heterocycles. The van der Waals surface area contributed by atoms with Crippen LogP contribution in [0, 0.1) is 6.92 Å². The summed E-state index contributed by atoms with van der Waals surface area (Å²) in [5.74, 6) is 2.18. The Morgan fingerprint density at radius 2 is 2.05 bits per heavy atom. The molecule has 120 valence electrons. The second-order valence-electron chi connectivity index (χ2n) is 6.44. The molecule has 0 radical (unpaired) electrons. The van der Waals surface area contributed by atoms with E-state index in [0.717, 1.165) is 37.2 Å². The molecule has 4 nitrogen and oxygen atoms in total. The third-order valence-corrected chi connectivity index (χ3v) is 4.48. The van der Waals surface area contributed by atoms with Crippen LogP contribution < -0.4 is 5.32 Å². The molecule has 1 aliphatic heterocycles. The molecule has 0 spiro atoms. The Hall–Kier alpha value is -0.840. The van der Waals surface area contributed by atoms with Crippen LogP contribution in [0.1, 0.15) is 43.3 Å². The van der Waals surface area contributed by atoms with E-state index in [9.17, 15) is 0 Å². The molecule has 0 bridgehead atoms. The first-order chi connectivity index (χ1) is 10.1. The smallest absolute Gasteiger partial charge is 0.118 e. The molecule has 1 N–H and O–H groups in total. The lowest BCUT2D eigenvalue weighted by molar-refractivity contribution is 0.133. The molecule has 1 aromatic rings. The van der Waals surface area contributed by atoms with Crippen molar-refractivity contribution in [2.45, 2.75) is 52.2 Å².